The van der Waals surface area contributed by atoms with Gasteiger partial charge >= 0.3 is 5.97 Å². The average molecular weight is 241 g/mol. The van der Waals surface area contributed by atoms with Crippen LogP contribution in [0.2, 0.25) is 0 Å². The lowest BCUT2D eigenvalue weighted by Gasteiger charge is -2.07. The summed E-state index contributed by atoms with van der Waals surface area (Å²) in [5, 5.41) is 0. The number of hydrogen-bond donors (Lipinski definition) is 1. The molecule has 0 aliphatic carbocycles. The van der Waals surface area contributed by atoms with Gasteiger partial charge in [-0.05, 0) is 18.6 Å². The SMILES string of the molecule is CCCCOC(=O)COc1ccc(N)c(F)c1. The maximum absolute atomic E-state index is 13.0. The number of anilines is 1. The Bertz CT molecular complexity index is 382. The number of ether oxygens (including phenoxy) is 2. The molecular formula is C12H16FNO3. The van der Waals surface area contributed by atoms with Crippen molar-refractivity contribution >= 4 is 11.7 Å². The molecule has 0 fully saturated rings. The van der Waals surface area contributed by atoms with E-state index < -0.39 is 11.8 Å². The fourth-order valence-corrected chi connectivity index (χ4v) is 1.11. The monoisotopic (exact) mass is 241 g/mol. The molecule has 0 aromatic heterocycles. The summed E-state index contributed by atoms with van der Waals surface area (Å²) in [4.78, 5) is 11.2. The highest BCUT2D eigenvalue weighted by atomic mass is 19.1. The zero-order valence-electron chi connectivity index (χ0n) is 9.74. The lowest BCUT2D eigenvalue weighted by atomic mass is 10.3. The quantitative estimate of drug-likeness (QED) is 0.471. The number of nitrogen functional groups attached to an aromatic ring is 1. The third-order valence-electron chi connectivity index (χ3n) is 2.09. The van der Waals surface area contributed by atoms with Crippen LogP contribution in [0.1, 0.15) is 19.8 Å². The van der Waals surface area contributed by atoms with Crippen LogP contribution in [0.4, 0.5) is 10.1 Å². The first kappa shape index (κ1) is 13.3. The third-order valence-corrected chi connectivity index (χ3v) is 2.09. The van der Waals surface area contributed by atoms with E-state index in [4.69, 9.17) is 15.2 Å². The van der Waals surface area contributed by atoms with Gasteiger partial charge in [-0.25, -0.2) is 9.18 Å². The van der Waals surface area contributed by atoms with Gasteiger partial charge in [-0.2, -0.15) is 0 Å². The van der Waals surface area contributed by atoms with Crippen LogP contribution in [0.5, 0.6) is 5.75 Å². The number of rotatable bonds is 6. The van der Waals surface area contributed by atoms with Gasteiger partial charge in [0.1, 0.15) is 11.6 Å². The maximum atomic E-state index is 13.0. The molecule has 2 N–H and O–H groups in total. The summed E-state index contributed by atoms with van der Waals surface area (Å²) >= 11 is 0. The molecule has 5 heteroatoms. The van der Waals surface area contributed by atoms with Crippen LogP contribution < -0.4 is 10.5 Å². The Kier molecular flexibility index (Phi) is 5.26. The summed E-state index contributed by atoms with van der Waals surface area (Å²) < 4.78 is 23.0. The summed E-state index contributed by atoms with van der Waals surface area (Å²) in [6.45, 7) is 2.16. The highest BCUT2D eigenvalue weighted by Gasteiger charge is 2.05. The average Bonchev–Trinajstić information content (AvgIpc) is 2.31. The van der Waals surface area contributed by atoms with E-state index in [2.05, 4.69) is 0 Å². The van der Waals surface area contributed by atoms with Crippen molar-refractivity contribution in [3.63, 3.8) is 0 Å². The Balaban J connectivity index is 2.34. The second-order valence-electron chi connectivity index (χ2n) is 3.55. The summed E-state index contributed by atoms with van der Waals surface area (Å²) in [6, 6.07) is 4.01. The summed E-state index contributed by atoms with van der Waals surface area (Å²) in [7, 11) is 0. The van der Waals surface area contributed by atoms with E-state index in [1.165, 1.54) is 12.1 Å². The molecule has 94 valence electrons. The molecular weight excluding hydrogens is 225 g/mol. The van der Waals surface area contributed by atoms with Gasteiger partial charge in [0.2, 0.25) is 0 Å². The number of esters is 1. The minimum absolute atomic E-state index is 0.0443. The summed E-state index contributed by atoms with van der Waals surface area (Å²) in [5.74, 6) is -0.776. The molecule has 0 heterocycles. The molecule has 0 atom stereocenters. The standard InChI is InChI=1S/C12H16FNO3/c1-2-3-6-16-12(15)8-17-9-4-5-11(14)10(13)7-9/h4-5,7H,2-3,6,8,14H2,1H3. The number of nitrogens with two attached hydrogens (primary N) is 1. The molecule has 1 aromatic rings. The Morgan fingerprint density at radius 3 is 2.88 bits per heavy atom. The van der Waals surface area contributed by atoms with Crippen LogP contribution in [-0.4, -0.2) is 19.2 Å². The minimum Gasteiger partial charge on any atom is -0.482 e. The van der Waals surface area contributed by atoms with Gasteiger partial charge in [-0.3, -0.25) is 0 Å². The van der Waals surface area contributed by atoms with Crippen molar-refractivity contribution in [3.8, 4) is 5.75 Å². The largest absolute Gasteiger partial charge is 0.482 e. The van der Waals surface area contributed by atoms with Crippen molar-refractivity contribution in [2.75, 3.05) is 18.9 Å². The van der Waals surface area contributed by atoms with Gasteiger partial charge in [-0.15, -0.1) is 0 Å². The van der Waals surface area contributed by atoms with Gasteiger partial charge in [0.15, 0.2) is 6.61 Å². The van der Waals surface area contributed by atoms with Crippen molar-refractivity contribution in [2.24, 2.45) is 0 Å². The molecule has 4 nitrogen and oxygen atoms in total. The molecule has 0 amide bonds. The number of carbonyl (C=O) groups is 1. The van der Waals surface area contributed by atoms with Gasteiger partial charge < -0.3 is 15.2 Å². The van der Waals surface area contributed by atoms with Crippen molar-refractivity contribution in [1.82, 2.24) is 0 Å². The van der Waals surface area contributed by atoms with Gasteiger partial charge in [-0.1, -0.05) is 13.3 Å². The number of halogens is 1. The maximum Gasteiger partial charge on any atom is 0.344 e. The van der Waals surface area contributed by atoms with E-state index in [0.29, 0.717) is 6.61 Å². The second kappa shape index (κ2) is 6.73. The van der Waals surface area contributed by atoms with E-state index in [1.54, 1.807) is 0 Å². The van der Waals surface area contributed by atoms with Crippen LogP contribution >= 0.6 is 0 Å². The third kappa shape index (κ3) is 4.72. The van der Waals surface area contributed by atoms with Crippen molar-refractivity contribution in [1.29, 1.82) is 0 Å². The van der Waals surface area contributed by atoms with Gasteiger partial charge in [0, 0.05) is 6.07 Å². The Hall–Kier alpha value is -1.78. The topological polar surface area (TPSA) is 61.5 Å². The Morgan fingerprint density at radius 1 is 1.47 bits per heavy atom. The molecule has 1 aromatic carbocycles. The minimum atomic E-state index is -0.568. The first-order valence-corrected chi connectivity index (χ1v) is 5.47. The Labute approximate surface area is 99.5 Å². The zero-order valence-corrected chi connectivity index (χ0v) is 9.74. The predicted octanol–water partition coefficient (Wildman–Crippen LogP) is 2.13. The van der Waals surface area contributed by atoms with Crippen molar-refractivity contribution in [2.45, 2.75) is 19.8 Å². The highest BCUT2D eigenvalue weighted by Crippen LogP contribution is 2.17. The van der Waals surface area contributed by atoms with Crippen LogP contribution in [0.15, 0.2) is 18.2 Å². The van der Waals surface area contributed by atoms with Crippen LogP contribution in [0, 0.1) is 5.82 Å². The van der Waals surface area contributed by atoms with E-state index in [0.717, 1.165) is 18.9 Å². The van der Waals surface area contributed by atoms with E-state index in [-0.39, 0.29) is 18.0 Å². The molecule has 17 heavy (non-hydrogen) atoms. The number of unbranched alkanes of at least 4 members (excludes halogenated alkanes) is 1. The first-order chi connectivity index (χ1) is 8.13. The van der Waals surface area contributed by atoms with E-state index in [9.17, 15) is 9.18 Å². The molecule has 0 spiro atoms. The fraction of sp³-hybridized carbons (Fsp3) is 0.417. The smallest absolute Gasteiger partial charge is 0.344 e. The number of carbonyl (C=O) groups excluding carboxylic acids is 1. The molecule has 0 aliphatic rings. The number of hydrogen-bond acceptors (Lipinski definition) is 4. The highest BCUT2D eigenvalue weighted by molar-refractivity contribution is 5.71. The molecule has 0 unspecified atom stereocenters. The molecule has 1 rings (SSSR count). The van der Waals surface area contributed by atoms with Crippen LogP contribution in [-0.2, 0) is 9.53 Å². The van der Waals surface area contributed by atoms with E-state index >= 15 is 0 Å². The first-order valence-electron chi connectivity index (χ1n) is 5.47. The van der Waals surface area contributed by atoms with E-state index in [1.807, 2.05) is 6.92 Å². The van der Waals surface area contributed by atoms with Gasteiger partial charge in [0.05, 0.1) is 12.3 Å². The molecule has 0 radical (unpaired) electrons. The number of benzene rings is 1. The zero-order chi connectivity index (χ0) is 12.7. The Morgan fingerprint density at radius 2 is 2.24 bits per heavy atom. The fourth-order valence-electron chi connectivity index (χ4n) is 1.11. The lowest BCUT2D eigenvalue weighted by Crippen LogP contribution is -2.15. The molecule has 0 saturated heterocycles. The van der Waals surface area contributed by atoms with Crippen molar-refractivity contribution < 1.29 is 18.7 Å². The van der Waals surface area contributed by atoms with Crippen molar-refractivity contribution in [3.05, 3.63) is 24.0 Å². The summed E-state index contributed by atoms with van der Waals surface area (Å²) in [6.07, 6.45) is 1.78. The normalized spacial score (nSPS) is 10.0. The van der Waals surface area contributed by atoms with Crippen LogP contribution in [0.3, 0.4) is 0 Å². The molecule has 0 saturated carbocycles. The second-order valence-corrected chi connectivity index (χ2v) is 3.55. The predicted molar refractivity (Wildman–Crippen MR) is 62.2 cm³/mol. The molecule has 0 bridgehead atoms. The van der Waals surface area contributed by atoms with Gasteiger partial charge in [0.25, 0.3) is 0 Å². The lowest BCUT2D eigenvalue weighted by molar-refractivity contribution is -0.146. The summed E-state index contributed by atoms with van der Waals surface area (Å²) in [5.41, 5.74) is 5.35. The molecule has 0 aliphatic heterocycles. The van der Waals surface area contributed by atoms with Crippen LogP contribution in [0.25, 0.3) is 0 Å².